The Balaban J connectivity index is 1.05. The van der Waals surface area contributed by atoms with Gasteiger partial charge < -0.3 is 225 Å². The van der Waals surface area contributed by atoms with E-state index in [-0.39, 0.29) is 0 Å². The van der Waals surface area contributed by atoms with Crippen molar-refractivity contribution in [3.63, 3.8) is 0 Å². The van der Waals surface area contributed by atoms with Gasteiger partial charge in [-0.15, -0.1) is 0 Å². The molecule has 9 aliphatic rings. The van der Waals surface area contributed by atoms with Crippen molar-refractivity contribution in [2.75, 3.05) is 52.9 Å². The molecule has 0 aromatic carbocycles. The van der Waals surface area contributed by atoms with Crippen LogP contribution < -0.4 is 26.6 Å². The van der Waals surface area contributed by atoms with Crippen molar-refractivity contribution in [1.82, 2.24) is 26.6 Å². The summed E-state index contributed by atoms with van der Waals surface area (Å²) in [7, 11) is 0. The first-order valence-electron chi connectivity index (χ1n) is 36.5. The Morgan fingerprint density at radius 1 is 0.246 bits per heavy atom. The molecule has 50 nitrogen and oxygen atoms in total. The van der Waals surface area contributed by atoms with Gasteiger partial charge in [0, 0.05) is 34.6 Å². The third-order valence-electron chi connectivity index (χ3n) is 20.7. The molecule has 0 aliphatic carbocycles. The lowest BCUT2D eigenvalue weighted by Crippen LogP contribution is -2.71. The van der Waals surface area contributed by atoms with Crippen molar-refractivity contribution in [2.24, 2.45) is 0 Å². The highest BCUT2D eigenvalue weighted by Gasteiger charge is 2.61. The molecule has 9 rings (SSSR count). The molecule has 50 heteroatoms. The van der Waals surface area contributed by atoms with Crippen LogP contribution in [0.15, 0.2) is 0 Å². The number of carbonyl (C=O) groups is 5. The minimum atomic E-state index is -2.56. The van der Waals surface area contributed by atoms with Crippen LogP contribution in [0.1, 0.15) is 41.5 Å². The zero-order valence-electron chi connectivity index (χ0n) is 61.9. The first-order valence-corrected chi connectivity index (χ1v) is 36.5. The van der Waals surface area contributed by atoms with Gasteiger partial charge >= 0.3 is 0 Å². The summed E-state index contributed by atoms with van der Waals surface area (Å²) in [5.74, 6) is -4.39. The van der Waals surface area contributed by atoms with E-state index in [4.69, 9.17) is 80.5 Å². The molecule has 45 atom stereocenters. The van der Waals surface area contributed by atoms with Crippen LogP contribution in [-0.2, 0) is 104 Å². The summed E-state index contributed by atoms with van der Waals surface area (Å²) in [4.78, 5) is 63.4. The van der Waals surface area contributed by atoms with E-state index in [2.05, 4.69) is 26.6 Å². The Morgan fingerprint density at radius 2 is 0.544 bits per heavy atom. The SMILES string of the molecule is CC(=O)N[C@@H]1[C@@H](O)[C@H](O[C@@H]2O[C@H](CO)[C@@H](O[C@@H]3O[C@H](CO[C@H]4O[C@H](CO)[C@@H](O)[C@H](O)[C@@H]4O[C@@H]4O[C@H](CO)[C@@H](O[C@@H]5O[C@H](CO)[C@@H](O)[C@H](O)[C@H]5NC(C)=O)[C@H](O)[C@H]4NC(C)=O)[C@@H](O)[C@H](O[C@H]4O[C@H](CO)[C@@H](O)[C@H](O)[C@@H]4O[C@@H]4O[C@H](CO)[C@@H](O)[C@H](O)[C@H]4NC(C)=O)[C@@H]3O)[C@H](O)[C@H]2NC(C)=O)[C@@H](CO[C@@H]2O[C@@H](C)[C@@H](O)[C@@H](O)[C@@H]2O)O[C@H]1O. The molecule has 0 aromatic rings. The highest BCUT2D eigenvalue weighted by atomic mass is 16.8. The smallest absolute Gasteiger partial charge is 0.217 e. The minimum Gasteiger partial charge on any atom is -0.394 e. The van der Waals surface area contributed by atoms with Crippen molar-refractivity contribution < 1.29 is 222 Å². The lowest BCUT2D eigenvalue weighted by atomic mass is 9.93. The van der Waals surface area contributed by atoms with E-state index in [9.17, 15) is 141 Å². The molecule has 9 saturated heterocycles. The maximum absolute atomic E-state index is 13.2. The summed E-state index contributed by atoms with van der Waals surface area (Å²) >= 11 is 0. The molecule has 658 valence electrons. The number of carbonyl (C=O) groups excluding carboxylic acids is 5. The van der Waals surface area contributed by atoms with E-state index < -0.39 is 358 Å². The van der Waals surface area contributed by atoms with Crippen molar-refractivity contribution in [3.8, 4) is 0 Å². The van der Waals surface area contributed by atoms with Crippen LogP contribution in [0.5, 0.6) is 0 Å². The summed E-state index contributed by atoms with van der Waals surface area (Å²) in [5, 5.41) is 269. The highest BCUT2D eigenvalue weighted by Crippen LogP contribution is 2.40. The molecule has 0 saturated carbocycles. The molecule has 9 aliphatic heterocycles. The number of hydrogen-bond donors (Lipinski definition) is 28. The number of ether oxygens (including phenoxy) is 17. The Hall–Kier alpha value is -4.25. The van der Waals surface area contributed by atoms with E-state index in [1.54, 1.807) is 0 Å². The predicted octanol–water partition coefficient (Wildman–Crippen LogP) is -18.9. The Bertz CT molecular complexity index is 3080. The maximum Gasteiger partial charge on any atom is 0.217 e. The fourth-order valence-corrected chi connectivity index (χ4v) is 14.7. The normalized spacial score (nSPS) is 48.2. The molecule has 0 radical (unpaired) electrons. The van der Waals surface area contributed by atoms with Crippen molar-refractivity contribution in [3.05, 3.63) is 0 Å². The Labute approximate surface area is 646 Å². The summed E-state index contributed by atoms with van der Waals surface area (Å²) in [6.45, 7) is -2.37. The molecular weight excluding hydrogens is 1560 g/mol. The van der Waals surface area contributed by atoms with Crippen LogP contribution in [0.3, 0.4) is 0 Å². The third-order valence-corrected chi connectivity index (χ3v) is 20.7. The molecule has 114 heavy (non-hydrogen) atoms. The molecule has 28 N–H and O–H groups in total. The van der Waals surface area contributed by atoms with Crippen LogP contribution in [0.2, 0.25) is 0 Å². The quantitative estimate of drug-likeness (QED) is 0.0331. The largest absolute Gasteiger partial charge is 0.394 e. The first-order chi connectivity index (χ1) is 53.8. The average Bonchev–Trinajstić information content (AvgIpc) is 0.770. The number of aliphatic hydroxyl groups is 23. The second-order valence-electron chi connectivity index (χ2n) is 28.9. The molecule has 0 aromatic heterocycles. The zero-order chi connectivity index (χ0) is 84.1. The van der Waals surface area contributed by atoms with Gasteiger partial charge in [-0.1, -0.05) is 0 Å². The molecule has 0 spiro atoms. The number of hydrogen-bond acceptors (Lipinski definition) is 45. The van der Waals surface area contributed by atoms with Crippen LogP contribution in [-0.4, -0.2) is 476 Å². The van der Waals surface area contributed by atoms with Gasteiger partial charge in [0.1, 0.15) is 213 Å². The molecule has 9 heterocycles. The summed E-state index contributed by atoms with van der Waals surface area (Å²) in [6, 6.07) is -9.06. The van der Waals surface area contributed by atoms with Gasteiger partial charge in [0.05, 0.1) is 59.0 Å². The molecular formula is C64H107N5O45. The van der Waals surface area contributed by atoms with Crippen LogP contribution in [0, 0.1) is 0 Å². The highest BCUT2D eigenvalue weighted by molar-refractivity contribution is 5.75. The summed E-state index contributed by atoms with van der Waals surface area (Å²) in [6.07, 6.45) is -81.1. The standard InChI is InChI=1S/C64H107N5O45/c1-15-34(81)45(92)48(95)61(100-15)98-14-28-52(42(89)29(56(97)101-28)65-16(2)76)110-59-32(68-19(5)79)44(91)51(26(12-75)106-59)111-62-49(96)53(112-64-55(47(94)38(85)24(10-73)105-64)114-58-31(67-18(4)78)41(88)36(83)22(8-71)103-58)39(86)27(108-62)13-99-63-54(46(93)37(84)23(9-72)104-63)113-60-33(69-20(6)80)43(90)50(25(11-74)107-60)109-57-30(66-17(3)77)40(87)35(82)21(7-70)102-57/h15,21-64,70-75,81-97H,7-14H2,1-6H3,(H,65,76)(H,66,77)(H,67,78)(H,68,79)(H,69,80)/t15-,21+,22+,23+,24+,25+,26+,27+,28+,29+,30+,31+,32+,33+,34+,35+,36+,37+,38+,39+,40+,41+,42+,43+,44+,45+,46-,47-,48-,49-,50+,51+,52+,53-,54-,55-,56+,57-,58-,59-,60-,61+,62-,63-,64+/m0/s1. The number of amides is 5. The second-order valence-corrected chi connectivity index (χ2v) is 28.9. The van der Waals surface area contributed by atoms with E-state index in [0.29, 0.717) is 0 Å². The first kappa shape index (κ1) is 93.6. The third kappa shape index (κ3) is 21.0. The molecule has 0 unspecified atom stereocenters. The van der Waals surface area contributed by atoms with Gasteiger partial charge in [0.25, 0.3) is 0 Å². The maximum atomic E-state index is 13.2. The van der Waals surface area contributed by atoms with E-state index in [1.807, 2.05) is 0 Å². The van der Waals surface area contributed by atoms with E-state index >= 15 is 0 Å². The van der Waals surface area contributed by atoms with Crippen molar-refractivity contribution in [1.29, 1.82) is 0 Å². The van der Waals surface area contributed by atoms with Gasteiger partial charge in [-0.2, -0.15) is 0 Å². The van der Waals surface area contributed by atoms with E-state index in [0.717, 1.165) is 34.6 Å². The number of aliphatic hydroxyl groups excluding tert-OH is 23. The molecule has 0 bridgehead atoms. The van der Waals surface area contributed by atoms with Gasteiger partial charge in [-0.3, -0.25) is 24.0 Å². The average molecular weight is 1670 g/mol. The van der Waals surface area contributed by atoms with Gasteiger partial charge in [-0.05, 0) is 6.92 Å². The van der Waals surface area contributed by atoms with Crippen LogP contribution in [0.25, 0.3) is 0 Å². The van der Waals surface area contributed by atoms with Gasteiger partial charge in [-0.25, -0.2) is 0 Å². The number of rotatable bonds is 29. The summed E-state index contributed by atoms with van der Waals surface area (Å²) in [5.41, 5.74) is 0. The van der Waals surface area contributed by atoms with Gasteiger partial charge in [0.2, 0.25) is 29.5 Å². The molecule has 5 amide bonds. The van der Waals surface area contributed by atoms with Crippen molar-refractivity contribution >= 4 is 29.5 Å². The minimum absolute atomic E-state index is 0.795. The van der Waals surface area contributed by atoms with Crippen LogP contribution in [0.4, 0.5) is 0 Å². The monoisotopic (exact) mass is 1670 g/mol. The fraction of sp³-hybridized carbons (Fsp3) is 0.922. The Morgan fingerprint density at radius 3 is 0.956 bits per heavy atom. The number of nitrogens with one attached hydrogen (secondary N) is 5. The molecule has 9 fully saturated rings. The van der Waals surface area contributed by atoms with Crippen molar-refractivity contribution in [2.45, 2.75) is 318 Å². The van der Waals surface area contributed by atoms with E-state index in [1.165, 1.54) is 6.92 Å². The zero-order valence-corrected chi connectivity index (χ0v) is 61.9. The fourth-order valence-electron chi connectivity index (χ4n) is 14.7. The lowest BCUT2D eigenvalue weighted by molar-refractivity contribution is -0.396. The van der Waals surface area contributed by atoms with Gasteiger partial charge in [0.15, 0.2) is 56.6 Å². The second kappa shape index (κ2) is 40.9. The Kier molecular flexibility index (Phi) is 33.6. The summed E-state index contributed by atoms with van der Waals surface area (Å²) < 4.78 is 102. The van der Waals surface area contributed by atoms with Crippen LogP contribution >= 0.6 is 0 Å². The topological polar surface area (TPSA) is 768 Å². The predicted molar refractivity (Wildman–Crippen MR) is 354 cm³/mol. The lowest BCUT2D eigenvalue weighted by Gasteiger charge is -2.51.